The van der Waals surface area contributed by atoms with Crippen LogP contribution in [0.2, 0.25) is 0 Å². The van der Waals surface area contributed by atoms with Gasteiger partial charge in [0.25, 0.3) is 0 Å². The van der Waals surface area contributed by atoms with Crippen molar-refractivity contribution in [3.8, 4) is 0 Å². The summed E-state index contributed by atoms with van der Waals surface area (Å²) in [6.45, 7) is 1.01. The van der Waals surface area contributed by atoms with Crippen LogP contribution in [0.3, 0.4) is 0 Å². The van der Waals surface area contributed by atoms with E-state index in [1.54, 1.807) is 13.3 Å². The van der Waals surface area contributed by atoms with E-state index < -0.39 is 0 Å². The van der Waals surface area contributed by atoms with Crippen molar-refractivity contribution in [1.82, 2.24) is 15.3 Å². The number of hydrogen-bond donors (Lipinski definition) is 2. The Labute approximate surface area is 98.0 Å². The first-order valence-electron chi connectivity index (χ1n) is 4.69. The Bertz CT molecular complexity index is 348. The molecule has 0 aromatic carbocycles. The number of aromatic nitrogens is 2. The van der Waals surface area contributed by atoms with Crippen LogP contribution in [0.4, 0.5) is 5.82 Å². The van der Waals surface area contributed by atoms with Crippen LogP contribution in [-0.4, -0.2) is 41.9 Å². The summed E-state index contributed by atoms with van der Waals surface area (Å²) in [7, 11) is 1.58. The molecule has 0 aliphatic heterocycles. The summed E-state index contributed by atoms with van der Waals surface area (Å²) in [5.41, 5.74) is 5.58. The monoisotopic (exact) mass is 242 g/mol. The number of rotatable bonds is 6. The van der Waals surface area contributed by atoms with Crippen molar-refractivity contribution in [3.05, 3.63) is 12.4 Å². The number of nitrogens with zero attached hydrogens (tertiary/aromatic N) is 2. The van der Waals surface area contributed by atoms with Gasteiger partial charge in [-0.3, -0.25) is 4.79 Å². The van der Waals surface area contributed by atoms with E-state index >= 15 is 0 Å². The fourth-order valence-corrected chi connectivity index (χ4v) is 1.63. The second-order valence-corrected chi connectivity index (χ2v) is 3.84. The Morgan fingerprint density at radius 1 is 1.56 bits per heavy atom. The van der Waals surface area contributed by atoms with Crippen molar-refractivity contribution in [3.63, 3.8) is 0 Å². The van der Waals surface area contributed by atoms with Gasteiger partial charge in [-0.1, -0.05) is 11.8 Å². The largest absolute Gasteiger partial charge is 0.383 e. The zero-order valence-electron chi connectivity index (χ0n) is 8.97. The summed E-state index contributed by atoms with van der Waals surface area (Å²) in [4.78, 5) is 19.2. The minimum Gasteiger partial charge on any atom is -0.383 e. The molecular formula is C9H14N4O2S. The first-order chi connectivity index (χ1) is 7.74. The minimum atomic E-state index is -0.0768. The highest BCUT2D eigenvalue weighted by Crippen LogP contribution is 2.18. The third kappa shape index (κ3) is 4.45. The molecule has 7 heteroatoms. The summed E-state index contributed by atoms with van der Waals surface area (Å²) in [6.07, 6.45) is 3.06. The van der Waals surface area contributed by atoms with Crippen molar-refractivity contribution in [2.24, 2.45) is 0 Å². The molecule has 1 heterocycles. The van der Waals surface area contributed by atoms with E-state index in [0.29, 0.717) is 24.0 Å². The van der Waals surface area contributed by atoms with Gasteiger partial charge in [0, 0.05) is 26.0 Å². The first-order valence-corrected chi connectivity index (χ1v) is 5.67. The molecule has 6 nitrogen and oxygen atoms in total. The van der Waals surface area contributed by atoms with Crippen molar-refractivity contribution in [2.45, 2.75) is 5.03 Å². The second kappa shape index (κ2) is 7.02. The number of ether oxygens (including phenoxy) is 1. The number of carbonyl (C=O) groups is 1. The molecule has 16 heavy (non-hydrogen) atoms. The van der Waals surface area contributed by atoms with Gasteiger partial charge in [0.1, 0.15) is 5.03 Å². The van der Waals surface area contributed by atoms with Crippen LogP contribution < -0.4 is 11.1 Å². The molecule has 0 fully saturated rings. The molecule has 3 N–H and O–H groups in total. The summed E-state index contributed by atoms with van der Waals surface area (Å²) in [6, 6.07) is 0. The summed E-state index contributed by atoms with van der Waals surface area (Å²) in [5, 5.41) is 3.27. The molecule has 0 aliphatic rings. The number of nitrogens with one attached hydrogen (secondary N) is 1. The minimum absolute atomic E-state index is 0.0768. The first kappa shape index (κ1) is 12.7. The zero-order valence-corrected chi connectivity index (χ0v) is 9.79. The molecule has 0 radical (unpaired) electrons. The van der Waals surface area contributed by atoms with Crippen LogP contribution >= 0.6 is 11.8 Å². The van der Waals surface area contributed by atoms with Gasteiger partial charge in [0.15, 0.2) is 5.82 Å². The third-order valence-corrected chi connectivity index (χ3v) is 2.65. The van der Waals surface area contributed by atoms with Gasteiger partial charge in [0.05, 0.1) is 12.4 Å². The fraction of sp³-hybridized carbons (Fsp3) is 0.444. The van der Waals surface area contributed by atoms with Gasteiger partial charge < -0.3 is 15.8 Å². The van der Waals surface area contributed by atoms with Crippen LogP contribution in [-0.2, 0) is 9.53 Å². The van der Waals surface area contributed by atoms with Crippen molar-refractivity contribution in [1.29, 1.82) is 0 Å². The van der Waals surface area contributed by atoms with Gasteiger partial charge in [0.2, 0.25) is 5.91 Å². The maximum atomic E-state index is 11.3. The van der Waals surface area contributed by atoms with Crippen LogP contribution in [0.25, 0.3) is 0 Å². The molecule has 0 atom stereocenters. The standard InChI is InChI=1S/C9H14N4O2S/c1-15-5-4-11-7(14)6-16-9-8(10)12-2-3-13-9/h2-3H,4-6H2,1H3,(H2,10,12)(H,11,14). The molecule has 1 aromatic rings. The summed E-state index contributed by atoms with van der Waals surface area (Å²) >= 11 is 1.26. The quantitative estimate of drug-likeness (QED) is 0.535. The highest BCUT2D eigenvalue weighted by molar-refractivity contribution is 8.00. The van der Waals surface area contributed by atoms with E-state index in [0.717, 1.165) is 0 Å². The van der Waals surface area contributed by atoms with Crippen LogP contribution in [0, 0.1) is 0 Å². The number of anilines is 1. The Kier molecular flexibility index (Phi) is 5.58. The molecular weight excluding hydrogens is 228 g/mol. The average Bonchev–Trinajstić information content (AvgIpc) is 2.28. The molecule has 1 amide bonds. The highest BCUT2D eigenvalue weighted by Gasteiger charge is 2.05. The van der Waals surface area contributed by atoms with Crippen LogP contribution in [0.5, 0.6) is 0 Å². The number of amides is 1. The number of carbonyl (C=O) groups excluding carboxylic acids is 1. The van der Waals surface area contributed by atoms with Gasteiger partial charge >= 0.3 is 0 Å². The third-order valence-electron chi connectivity index (χ3n) is 1.66. The van der Waals surface area contributed by atoms with Crippen LogP contribution in [0.15, 0.2) is 17.4 Å². The lowest BCUT2D eigenvalue weighted by molar-refractivity contribution is -0.118. The Hall–Kier alpha value is -1.34. The van der Waals surface area contributed by atoms with Crippen molar-refractivity contribution >= 4 is 23.5 Å². The summed E-state index contributed by atoms with van der Waals surface area (Å²) in [5.74, 6) is 0.538. The van der Waals surface area contributed by atoms with Gasteiger partial charge in [-0.25, -0.2) is 9.97 Å². The van der Waals surface area contributed by atoms with E-state index in [9.17, 15) is 4.79 Å². The lowest BCUT2D eigenvalue weighted by atomic mass is 10.6. The number of hydrogen-bond acceptors (Lipinski definition) is 6. The zero-order chi connectivity index (χ0) is 11.8. The summed E-state index contributed by atoms with van der Waals surface area (Å²) < 4.78 is 4.81. The molecule has 0 saturated carbocycles. The predicted molar refractivity (Wildman–Crippen MR) is 62.1 cm³/mol. The lowest BCUT2D eigenvalue weighted by Gasteiger charge is -2.04. The number of nitrogen functional groups attached to an aromatic ring is 1. The van der Waals surface area contributed by atoms with Crippen molar-refractivity contribution in [2.75, 3.05) is 31.7 Å². The SMILES string of the molecule is COCCNC(=O)CSc1nccnc1N. The molecule has 88 valence electrons. The second-order valence-electron chi connectivity index (χ2n) is 2.88. The fourth-order valence-electron chi connectivity index (χ4n) is 0.925. The Morgan fingerprint density at radius 2 is 2.31 bits per heavy atom. The lowest BCUT2D eigenvalue weighted by Crippen LogP contribution is -2.28. The van der Waals surface area contributed by atoms with E-state index in [1.807, 2.05) is 0 Å². The molecule has 1 rings (SSSR count). The number of methoxy groups -OCH3 is 1. The normalized spacial score (nSPS) is 10.1. The van der Waals surface area contributed by atoms with Crippen molar-refractivity contribution < 1.29 is 9.53 Å². The average molecular weight is 242 g/mol. The van der Waals surface area contributed by atoms with E-state index in [-0.39, 0.29) is 11.7 Å². The van der Waals surface area contributed by atoms with E-state index in [1.165, 1.54) is 18.0 Å². The van der Waals surface area contributed by atoms with E-state index in [2.05, 4.69) is 15.3 Å². The maximum absolute atomic E-state index is 11.3. The molecule has 0 aliphatic carbocycles. The predicted octanol–water partition coefficient (Wildman–Crippen LogP) is -0.0865. The van der Waals surface area contributed by atoms with Gasteiger partial charge in [-0.15, -0.1) is 0 Å². The highest BCUT2D eigenvalue weighted by atomic mass is 32.2. The van der Waals surface area contributed by atoms with Crippen LogP contribution in [0.1, 0.15) is 0 Å². The van der Waals surface area contributed by atoms with Gasteiger partial charge in [-0.2, -0.15) is 0 Å². The topological polar surface area (TPSA) is 90.1 Å². The Balaban J connectivity index is 2.29. The molecule has 0 saturated heterocycles. The van der Waals surface area contributed by atoms with E-state index in [4.69, 9.17) is 10.5 Å². The molecule has 1 aromatic heterocycles. The molecule has 0 unspecified atom stereocenters. The molecule has 0 bridgehead atoms. The van der Waals surface area contributed by atoms with Gasteiger partial charge in [-0.05, 0) is 0 Å². The number of nitrogens with two attached hydrogens (primary N) is 1. The smallest absolute Gasteiger partial charge is 0.230 e. The maximum Gasteiger partial charge on any atom is 0.230 e. The Morgan fingerprint density at radius 3 is 3.00 bits per heavy atom. The number of thioether (sulfide) groups is 1. The molecule has 0 spiro atoms.